The Kier molecular flexibility index (Phi) is 38.0. The molecule has 51 heavy (non-hydrogen) atoms. The van der Waals surface area contributed by atoms with Gasteiger partial charge in [0.25, 0.3) is 0 Å². The molecule has 0 aliphatic carbocycles. The fourth-order valence-corrected chi connectivity index (χ4v) is 7.21. The number of phosphoric ester groups is 1. The van der Waals surface area contributed by atoms with Crippen LogP contribution in [-0.4, -0.2) is 42.8 Å². The molecule has 0 aliphatic rings. The van der Waals surface area contributed by atoms with Gasteiger partial charge < -0.3 is 14.4 Å². The zero-order valence-corrected chi connectivity index (χ0v) is 34.7. The molecule has 0 spiro atoms. The van der Waals surface area contributed by atoms with Gasteiger partial charge in [0.15, 0.2) is 6.10 Å². The summed E-state index contributed by atoms with van der Waals surface area (Å²) in [5, 5.41) is 0. The third-order valence-electron chi connectivity index (χ3n) is 9.66. The van der Waals surface area contributed by atoms with Crippen LogP contribution >= 0.6 is 7.82 Å². The van der Waals surface area contributed by atoms with Crippen molar-refractivity contribution in [1.82, 2.24) is 0 Å². The van der Waals surface area contributed by atoms with Crippen LogP contribution in [0.2, 0.25) is 0 Å². The molecular formula is C42H83O8P. The summed E-state index contributed by atoms with van der Waals surface area (Å²) in [5.74, 6) is -0.780. The first kappa shape index (κ1) is 50.1. The summed E-state index contributed by atoms with van der Waals surface area (Å²) in [6, 6.07) is 0. The summed E-state index contributed by atoms with van der Waals surface area (Å²) in [4.78, 5) is 34.7. The predicted octanol–water partition coefficient (Wildman–Crippen LogP) is 13.5. The third kappa shape index (κ3) is 38.6. The maximum atomic E-state index is 12.5. The molecule has 0 aromatic rings. The fourth-order valence-electron chi connectivity index (χ4n) is 6.45. The van der Waals surface area contributed by atoms with Gasteiger partial charge in [-0.1, -0.05) is 200 Å². The number of esters is 2. The molecule has 304 valence electrons. The molecule has 9 heteroatoms. The zero-order valence-electron chi connectivity index (χ0n) is 33.8. The Balaban J connectivity index is 4.03. The molecule has 8 nitrogen and oxygen atoms in total. The van der Waals surface area contributed by atoms with Gasteiger partial charge >= 0.3 is 19.8 Å². The summed E-state index contributed by atoms with van der Waals surface area (Å²) >= 11 is 0. The topological polar surface area (TPSA) is 108 Å². The second-order valence-electron chi connectivity index (χ2n) is 14.7. The fraction of sp³-hybridized carbons (Fsp3) is 0.952. The highest BCUT2D eigenvalue weighted by molar-refractivity contribution is 7.47. The van der Waals surface area contributed by atoms with Crippen molar-refractivity contribution in [2.45, 2.75) is 239 Å². The first-order valence-corrected chi connectivity index (χ1v) is 23.3. The highest BCUT2D eigenvalue weighted by atomic mass is 31.2. The highest BCUT2D eigenvalue weighted by Gasteiger charge is 2.25. The van der Waals surface area contributed by atoms with E-state index in [1.165, 1.54) is 161 Å². The molecule has 0 aliphatic heterocycles. The predicted molar refractivity (Wildman–Crippen MR) is 212 cm³/mol. The smallest absolute Gasteiger partial charge is 0.462 e. The summed E-state index contributed by atoms with van der Waals surface area (Å²) in [6.07, 6.45) is 38.6. The van der Waals surface area contributed by atoms with Crippen LogP contribution in [-0.2, 0) is 32.7 Å². The van der Waals surface area contributed by atoms with Crippen LogP contribution in [0.25, 0.3) is 0 Å². The van der Waals surface area contributed by atoms with E-state index in [0.717, 1.165) is 38.5 Å². The molecule has 1 N–H and O–H groups in total. The van der Waals surface area contributed by atoms with Gasteiger partial charge in [-0.2, -0.15) is 0 Å². The molecule has 0 aromatic heterocycles. The third-order valence-corrected chi connectivity index (χ3v) is 10.7. The largest absolute Gasteiger partial charge is 0.472 e. The van der Waals surface area contributed by atoms with Crippen molar-refractivity contribution in [1.29, 1.82) is 0 Å². The van der Waals surface area contributed by atoms with Crippen molar-refractivity contribution in [3.8, 4) is 0 Å². The van der Waals surface area contributed by atoms with Gasteiger partial charge in [-0.3, -0.25) is 18.6 Å². The van der Waals surface area contributed by atoms with Gasteiger partial charge in [0.05, 0.1) is 13.2 Å². The van der Waals surface area contributed by atoms with E-state index >= 15 is 0 Å². The average molecular weight is 747 g/mol. The van der Waals surface area contributed by atoms with Crippen LogP contribution in [0.3, 0.4) is 0 Å². The Morgan fingerprint density at radius 2 is 0.765 bits per heavy atom. The second-order valence-corrected chi connectivity index (χ2v) is 16.2. The van der Waals surface area contributed by atoms with Gasteiger partial charge in [-0.15, -0.1) is 0 Å². The Labute approximate surface area is 315 Å². The molecule has 0 bridgehead atoms. The molecule has 0 saturated heterocycles. The molecular weight excluding hydrogens is 663 g/mol. The van der Waals surface area contributed by atoms with Gasteiger partial charge in [-0.05, 0) is 19.8 Å². The van der Waals surface area contributed by atoms with E-state index in [1.54, 1.807) is 6.92 Å². The van der Waals surface area contributed by atoms with E-state index < -0.39 is 19.9 Å². The van der Waals surface area contributed by atoms with Crippen molar-refractivity contribution < 1.29 is 37.6 Å². The average Bonchev–Trinajstić information content (AvgIpc) is 3.10. The number of unbranched alkanes of at least 4 members (excludes halogenated alkanes) is 29. The first-order chi connectivity index (χ1) is 24.8. The van der Waals surface area contributed by atoms with Crippen molar-refractivity contribution in [3.05, 3.63) is 0 Å². The van der Waals surface area contributed by atoms with Gasteiger partial charge in [0.1, 0.15) is 6.61 Å². The Morgan fingerprint density at radius 3 is 1.10 bits per heavy atom. The normalized spacial score (nSPS) is 13.3. The van der Waals surface area contributed by atoms with E-state index in [9.17, 15) is 19.0 Å². The Hall–Kier alpha value is -0.950. The first-order valence-electron chi connectivity index (χ1n) is 21.8. The molecule has 2 unspecified atom stereocenters. The SMILES string of the molecule is CCCCCCCCCCCCCCCCCCC(=O)OC(COC(=O)CCCCCCCCCCCCCCCCC)COP(=O)(O)OCC. The second kappa shape index (κ2) is 38.8. The number of carbonyl (C=O) groups excluding carboxylic acids is 2. The highest BCUT2D eigenvalue weighted by Crippen LogP contribution is 2.43. The summed E-state index contributed by atoms with van der Waals surface area (Å²) in [6.45, 7) is 5.52. The summed E-state index contributed by atoms with van der Waals surface area (Å²) < 4.78 is 32.7. The van der Waals surface area contributed by atoms with E-state index in [1.807, 2.05) is 0 Å². The van der Waals surface area contributed by atoms with E-state index in [0.29, 0.717) is 6.42 Å². The van der Waals surface area contributed by atoms with Crippen LogP contribution in [0.15, 0.2) is 0 Å². The number of carbonyl (C=O) groups is 2. The monoisotopic (exact) mass is 747 g/mol. The number of hydrogen-bond donors (Lipinski definition) is 1. The molecule has 0 saturated carbocycles. The lowest BCUT2D eigenvalue weighted by Crippen LogP contribution is -2.29. The number of phosphoric acid groups is 1. The van der Waals surface area contributed by atoms with E-state index in [2.05, 4.69) is 13.8 Å². The Morgan fingerprint density at radius 1 is 0.451 bits per heavy atom. The maximum Gasteiger partial charge on any atom is 0.472 e. The van der Waals surface area contributed by atoms with Gasteiger partial charge in [0.2, 0.25) is 0 Å². The minimum atomic E-state index is -4.27. The molecule has 0 rings (SSSR count). The van der Waals surface area contributed by atoms with Crippen molar-refractivity contribution in [3.63, 3.8) is 0 Å². The van der Waals surface area contributed by atoms with Crippen LogP contribution < -0.4 is 0 Å². The van der Waals surface area contributed by atoms with Gasteiger partial charge in [0, 0.05) is 12.8 Å². The van der Waals surface area contributed by atoms with E-state index in [4.69, 9.17) is 18.5 Å². The standard InChI is InChI=1S/C42H83O8P/c1-4-7-9-11-13-15-17-19-21-23-25-27-29-31-33-35-37-42(44)50-40(39-49-51(45,46)48-6-3)38-47-41(43)36-34-32-30-28-26-24-22-20-18-16-14-12-10-8-5-2/h40H,4-39H2,1-3H3,(H,45,46). The van der Waals surface area contributed by atoms with Crippen LogP contribution in [0.4, 0.5) is 0 Å². The minimum absolute atomic E-state index is 0.00568. The molecule has 0 fully saturated rings. The number of rotatable bonds is 41. The lowest BCUT2D eigenvalue weighted by molar-refractivity contribution is -0.161. The Bertz CT molecular complexity index is 808. The lowest BCUT2D eigenvalue weighted by atomic mass is 10.0. The lowest BCUT2D eigenvalue weighted by Gasteiger charge is -2.19. The minimum Gasteiger partial charge on any atom is -0.462 e. The van der Waals surface area contributed by atoms with E-state index in [-0.39, 0.29) is 32.2 Å². The molecule has 0 aromatic carbocycles. The zero-order chi connectivity index (χ0) is 37.5. The van der Waals surface area contributed by atoms with Crippen LogP contribution in [0.1, 0.15) is 233 Å². The summed E-state index contributed by atoms with van der Waals surface area (Å²) in [5.41, 5.74) is 0. The van der Waals surface area contributed by atoms with Crippen molar-refractivity contribution >= 4 is 19.8 Å². The number of ether oxygens (including phenoxy) is 2. The molecule has 2 atom stereocenters. The van der Waals surface area contributed by atoms with Crippen molar-refractivity contribution in [2.24, 2.45) is 0 Å². The quantitative estimate of drug-likeness (QED) is 0.0374. The molecule has 0 amide bonds. The van der Waals surface area contributed by atoms with Crippen molar-refractivity contribution in [2.75, 3.05) is 19.8 Å². The molecule has 0 radical (unpaired) electrons. The van der Waals surface area contributed by atoms with Crippen LogP contribution in [0.5, 0.6) is 0 Å². The van der Waals surface area contributed by atoms with Gasteiger partial charge in [-0.25, -0.2) is 4.57 Å². The summed E-state index contributed by atoms with van der Waals surface area (Å²) in [7, 11) is -4.27. The number of hydrogen-bond acceptors (Lipinski definition) is 7. The maximum absolute atomic E-state index is 12.5. The molecule has 0 heterocycles. The van der Waals surface area contributed by atoms with Crippen LogP contribution in [0, 0.1) is 0 Å².